The van der Waals surface area contributed by atoms with Gasteiger partial charge in [-0.15, -0.1) is 0 Å². The third-order valence-corrected chi connectivity index (χ3v) is 4.57. The highest BCUT2D eigenvalue weighted by molar-refractivity contribution is 5.94. The summed E-state index contributed by atoms with van der Waals surface area (Å²) in [4.78, 5) is 27.6. The lowest BCUT2D eigenvalue weighted by atomic mass is 10.1. The lowest BCUT2D eigenvalue weighted by Gasteiger charge is -2.34. The van der Waals surface area contributed by atoms with E-state index < -0.39 is 5.97 Å². The molecule has 5 heteroatoms. The van der Waals surface area contributed by atoms with Crippen LogP contribution in [-0.2, 0) is 6.54 Å². The van der Waals surface area contributed by atoms with Crippen LogP contribution in [0.25, 0.3) is 0 Å². The van der Waals surface area contributed by atoms with Crippen molar-refractivity contribution in [1.82, 2.24) is 9.80 Å². The first-order valence-electron chi connectivity index (χ1n) is 8.43. The van der Waals surface area contributed by atoms with E-state index in [1.54, 1.807) is 12.1 Å². The van der Waals surface area contributed by atoms with Crippen molar-refractivity contribution in [3.05, 3.63) is 70.8 Å². The maximum Gasteiger partial charge on any atom is 0.335 e. The van der Waals surface area contributed by atoms with Gasteiger partial charge in [0.25, 0.3) is 5.91 Å². The summed E-state index contributed by atoms with van der Waals surface area (Å²) in [6, 6.07) is 14.7. The minimum atomic E-state index is -0.908. The molecular weight excluding hydrogens is 316 g/mol. The van der Waals surface area contributed by atoms with E-state index in [-0.39, 0.29) is 5.91 Å². The van der Waals surface area contributed by atoms with Gasteiger partial charge in [0.2, 0.25) is 0 Å². The fraction of sp³-hybridized carbons (Fsp3) is 0.300. The maximum atomic E-state index is 12.5. The second-order valence-corrected chi connectivity index (χ2v) is 6.44. The Balaban J connectivity index is 1.53. The molecule has 0 spiro atoms. The van der Waals surface area contributed by atoms with Gasteiger partial charge in [-0.3, -0.25) is 9.69 Å². The van der Waals surface area contributed by atoms with Crippen molar-refractivity contribution in [1.29, 1.82) is 0 Å². The molecule has 0 aliphatic carbocycles. The van der Waals surface area contributed by atoms with Gasteiger partial charge in [-0.25, -0.2) is 4.79 Å². The molecule has 5 nitrogen and oxygen atoms in total. The first kappa shape index (κ1) is 17.2. The molecule has 1 amide bonds. The summed E-state index contributed by atoms with van der Waals surface area (Å²) >= 11 is 0. The normalized spacial score (nSPS) is 15.2. The van der Waals surface area contributed by atoms with Gasteiger partial charge in [-0.1, -0.05) is 29.8 Å². The molecule has 1 fully saturated rings. The fourth-order valence-corrected chi connectivity index (χ4v) is 3.00. The summed E-state index contributed by atoms with van der Waals surface area (Å²) in [6.45, 7) is 5.83. The molecule has 0 atom stereocenters. The number of piperazine rings is 1. The predicted molar refractivity (Wildman–Crippen MR) is 95.8 cm³/mol. The Bertz CT molecular complexity index is 746. The van der Waals surface area contributed by atoms with E-state index in [1.807, 2.05) is 48.2 Å². The van der Waals surface area contributed by atoms with E-state index in [0.29, 0.717) is 18.7 Å². The van der Waals surface area contributed by atoms with Crippen molar-refractivity contribution < 1.29 is 14.7 Å². The third-order valence-electron chi connectivity index (χ3n) is 4.57. The minimum Gasteiger partial charge on any atom is -0.478 e. The van der Waals surface area contributed by atoms with Gasteiger partial charge in [-0.05, 0) is 36.8 Å². The van der Waals surface area contributed by atoms with Crippen LogP contribution in [0.1, 0.15) is 31.8 Å². The summed E-state index contributed by atoms with van der Waals surface area (Å²) in [6.07, 6.45) is 0. The minimum absolute atomic E-state index is 0.0884. The molecule has 25 heavy (non-hydrogen) atoms. The smallest absolute Gasteiger partial charge is 0.335 e. The number of carbonyl (C=O) groups is 2. The third kappa shape index (κ3) is 4.25. The molecule has 0 unspecified atom stereocenters. The first-order valence-corrected chi connectivity index (χ1v) is 8.43. The van der Waals surface area contributed by atoms with Crippen molar-refractivity contribution in [2.24, 2.45) is 0 Å². The number of hydrogen-bond donors (Lipinski definition) is 1. The Kier molecular flexibility index (Phi) is 5.14. The van der Waals surface area contributed by atoms with Crippen molar-refractivity contribution in [3.63, 3.8) is 0 Å². The van der Waals surface area contributed by atoms with Crippen LogP contribution in [0.4, 0.5) is 0 Å². The van der Waals surface area contributed by atoms with Crippen molar-refractivity contribution >= 4 is 11.9 Å². The number of nitrogens with zero attached hydrogens (tertiary/aromatic N) is 2. The molecule has 2 aromatic rings. The summed E-state index contributed by atoms with van der Waals surface area (Å²) < 4.78 is 0. The molecule has 2 aromatic carbocycles. The Hall–Kier alpha value is -2.66. The standard InChI is InChI=1S/C20H22N2O3/c1-15-2-6-17(7-3-15)19(23)22-12-10-21(11-13-22)14-16-4-8-18(9-5-16)20(24)25/h2-9H,10-14H2,1H3,(H,24,25). The second kappa shape index (κ2) is 7.49. The Morgan fingerprint density at radius 3 is 2.00 bits per heavy atom. The zero-order valence-electron chi connectivity index (χ0n) is 14.3. The van der Waals surface area contributed by atoms with Crippen LogP contribution in [0.3, 0.4) is 0 Å². The van der Waals surface area contributed by atoms with Gasteiger partial charge in [0.1, 0.15) is 0 Å². The molecule has 3 rings (SSSR count). The average Bonchev–Trinajstić information content (AvgIpc) is 2.63. The van der Waals surface area contributed by atoms with Crippen LogP contribution in [0.2, 0.25) is 0 Å². The van der Waals surface area contributed by atoms with Crippen LogP contribution in [0.5, 0.6) is 0 Å². The van der Waals surface area contributed by atoms with Crippen LogP contribution < -0.4 is 0 Å². The van der Waals surface area contributed by atoms with Gasteiger partial charge in [0.15, 0.2) is 0 Å². The monoisotopic (exact) mass is 338 g/mol. The molecule has 0 radical (unpaired) electrons. The van der Waals surface area contributed by atoms with Crippen molar-refractivity contribution in [2.45, 2.75) is 13.5 Å². The molecule has 0 aromatic heterocycles. The van der Waals surface area contributed by atoms with Crippen LogP contribution in [0, 0.1) is 6.92 Å². The average molecular weight is 338 g/mol. The largest absolute Gasteiger partial charge is 0.478 e. The van der Waals surface area contributed by atoms with Crippen molar-refractivity contribution in [2.75, 3.05) is 26.2 Å². The summed E-state index contributed by atoms with van der Waals surface area (Å²) in [7, 11) is 0. The first-order chi connectivity index (χ1) is 12.0. The molecule has 1 saturated heterocycles. The van der Waals surface area contributed by atoms with Crippen LogP contribution in [-0.4, -0.2) is 53.0 Å². The Morgan fingerprint density at radius 1 is 0.880 bits per heavy atom. The Morgan fingerprint density at radius 2 is 1.44 bits per heavy atom. The van der Waals surface area contributed by atoms with E-state index in [1.165, 1.54) is 0 Å². The topological polar surface area (TPSA) is 60.9 Å². The highest BCUT2D eigenvalue weighted by Gasteiger charge is 2.22. The molecule has 1 heterocycles. The van der Waals surface area contributed by atoms with E-state index in [4.69, 9.17) is 5.11 Å². The van der Waals surface area contributed by atoms with Gasteiger partial charge < -0.3 is 10.0 Å². The number of rotatable bonds is 4. The molecule has 0 saturated carbocycles. The summed E-state index contributed by atoms with van der Waals surface area (Å²) in [5.41, 5.74) is 3.28. The van der Waals surface area contributed by atoms with E-state index in [2.05, 4.69) is 4.90 Å². The van der Waals surface area contributed by atoms with Crippen molar-refractivity contribution in [3.8, 4) is 0 Å². The van der Waals surface area contributed by atoms with Gasteiger partial charge in [0.05, 0.1) is 5.56 Å². The molecular formula is C20H22N2O3. The Labute approximate surface area is 147 Å². The maximum absolute atomic E-state index is 12.5. The quantitative estimate of drug-likeness (QED) is 0.931. The second-order valence-electron chi connectivity index (χ2n) is 6.44. The zero-order chi connectivity index (χ0) is 17.8. The number of benzene rings is 2. The fourth-order valence-electron chi connectivity index (χ4n) is 3.00. The molecule has 1 N–H and O–H groups in total. The van der Waals surface area contributed by atoms with E-state index >= 15 is 0 Å². The lowest BCUT2D eigenvalue weighted by molar-refractivity contribution is 0.0628. The number of aryl methyl sites for hydroxylation is 1. The van der Waals surface area contributed by atoms with Gasteiger partial charge in [0, 0.05) is 38.3 Å². The molecule has 130 valence electrons. The number of carboxylic acid groups (broad SMARTS) is 1. The number of aromatic carboxylic acids is 1. The lowest BCUT2D eigenvalue weighted by Crippen LogP contribution is -2.48. The van der Waals surface area contributed by atoms with E-state index in [0.717, 1.165) is 36.3 Å². The highest BCUT2D eigenvalue weighted by atomic mass is 16.4. The van der Waals surface area contributed by atoms with Crippen LogP contribution >= 0.6 is 0 Å². The SMILES string of the molecule is Cc1ccc(C(=O)N2CCN(Cc3ccc(C(=O)O)cc3)CC2)cc1. The number of hydrogen-bond acceptors (Lipinski definition) is 3. The summed E-state index contributed by atoms with van der Waals surface area (Å²) in [5.74, 6) is -0.819. The molecule has 1 aliphatic rings. The predicted octanol–water partition coefficient (Wildman–Crippen LogP) is 2.65. The number of amides is 1. The number of carboxylic acids is 1. The van der Waals surface area contributed by atoms with Crippen LogP contribution in [0.15, 0.2) is 48.5 Å². The van der Waals surface area contributed by atoms with Gasteiger partial charge in [-0.2, -0.15) is 0 Å². The summed E-state index contributed by atoms with van der Waals surface area (Å²) in [5, 5.41) is 8.94. The molecule has 0 bridgehead atoms. The zero-order valence-corrected chi connectivity index (χ0v) is 14.3. The highest BCUT2D eigenvalue weighted by Crippen LogP contribution is 2.13. The van der Waals surface area contributed by atoms with Gasteiger partial charge >= 0.3 is 5.97 Å². The molecule has 1 aliphatic heterocycles. The van der Waals surface area contributed by atoms with E-state index in [9.17, 15) is 9.59 Å². The number of carbonyl (C=O) groups excluding carboxylic acids is 1.